The maximum atomic E-state index is 11.5. The van der Waals surface area contributed by atoms with Crippen molar-refractivity contribution in [1.29, 1.82) is 0 Å². The number of allylic oxidation sites excluding steroid dienone is 1. The van der Waals surface area contributed by atoms with Crippen molar-refractivity contribution in [2.75, 3.05) is 0 Å². The van der Waals surface area contributed by atoms with Gasteiger partial charge in [0, 0.05) is 5.70 Å². The van der Waals surface area contributed by atoms with E-state index in [0.717, 1.165) is 16.9 Å². The molecule has 88 valence electrons. The van der Waals surface area contributed by atoms with Crippen molar-refractivity contribution < 1.29 is 9.78 Å². The van der Waals surface area contributed by atoms with Gasteiger partial charge < -0.3 is 5.43 Å². The lowest BCUT2D eigenvalue weighted by atomic mass is 10.3. The van der Waals surface area contributed by atoms with E-state index in [0.29, 0.717) is 5.70 Å². The third-order valence-electron chi connectivity index (χ3n) is 2.25. The Kier molecular flexibility index (Phi) is 3.09. The largest absolute Gasteiger partial charge is 0.304 e. The summed E-state index contributed by atoms with van der Waals surface area (Å²) >= 11 is 0. The van der Waals surface area contributed by atoms with Crippen LogP contribution in [-0.2, 0) is 11.2 Å². The highest BCUT2D eigenvalue weighted by atomic mass is 16.2. The van der Waals surface area contributed by atoms with Gasteiger partial charge in [0.25, 0.3) is 11.7 Å². The predicted octanol–water partition coefficient (Wildman–Crippen LogP) is 0.679. The number of hydrogen-bond donors (Lipinski definition) is 3. The van der Waals surface area contributed by atoms with Crippen LogP contribution < -0.4 is 15.8 Å². The number of para-hydroxylation sites is 2. The number of benzene rings is 1. The van der Waals surface area contributed by atoms with E-state index in [1.165, 1.54) is 0 Å². The van der Waals surface area contributed by atoms with E-state index in [1.54, 1.807) is 6.92 Å². The summed E-state index contributed by atoms with van der Waals surface area (Å²) in [4.78, 5) is 17.8. The second-order valence-electron chi connectivity index (χ2n) is 3.90. The molecule has 5 nitrogen and oxygen atoms in total. The van der Waals surface area contributed by atoms with Crippen LogP contribution in [0.15, 0.2) is 36.5 Å². The third kappa shape index (κ3) is 2.84. The van der Waals surface area contributed by atoms with Gasteiger partial charge in [0.05, 0.1) is 0 Å². The van der Waals surface area contributed by atoms with Gasteiger partial charge >= 0.3 is 0 Å². The smallest absolute Gasteiger partial charge is 0.262 e. The Bertz CT molecular complexity index is 525. The highest BCUT2D eigenvalue weighted by Gasteiger charge is 2.13. The molecule has 0 aliphatic rings. The fourth-order valence-corrected chi connectivity index (χ4v) is 1.53. The van der Waals surface area contributed by atoms with E-state index >= 15 is 0 Å². The van der Waals surface area contributed by atoms with Gasteiger partial charge in [-0.25, -0.2) is 9.97 Å². The quantitative estimate of drug-likeness (QED) is 0.677. The Labute approximate surface area is 98.9 Å². The number of H-pyrrole nitrogens is 2. The molecule has 4 N–H and O–H groups in total. The van der Waals surface area contributed by atoms with E-state index in [4.69, 9.17) is 0 Å². The first-order valence-corrected chi connectivity index (χ1v) is 5.34. The minimum absolute atomic E-state index is 0.129. The second-order valence-corrected chi connectivity index (χ2v) is 3.90. The molecule has 17 heavy (non-hydrogen) atoms. The van der Waals surface area contributed by atoms with E-state index in [2.05, 4.69) is 27.4 Å². The fourth-order valence-electron chi connectivity index (χ4n) is 1.53. The van der Waals surface area contributed by atoms with Gasteiger partial charge in [0.15, 0.2) is 11.0 Å². The number of hydrazine groups is 1. The number of imidazole rings is 1. The number of rotatable bonds is 4. The summed E-state index contributed by atoms with van der Waals surface area (Å²) in [5, 5.41) is 0. The van der Waals surface area contributed by atoms with Crippen LogP contribution in [0.25, 0.3) is 11.0 Å². The summed E-state index contributed by atoms with van der Waals surface area (Å²) in [6.07, 6.45) is 0.259. The van der Waals surface area contributed by atoms with E-state index < -0.39 is 0 Å². The lowest BCUT2D eigenvalue weighted by molar-refractivity contribution is -0.356. The van der Waals surface area contributed by atoms with Crippen LogP contribution in [0.1, 0.15) is 12.7 Å². The van der Waals surface area contributed by atoms with E-state index in [1.807, 2.05) is 24.3 Å². The molecule has 0 aliphatic carbocycles. The molecule has 0 atom stereocenters. The number of nitrogens with one attached hydrogen (secondary N) is 4. The van der Waals surface area contributed by atoms with Crippen molar-refractivity contribution in [2.24, 2.45) is 0 Å². The van der Waals surface area contributed by atoms with E-state index in [9.17, 15) is 4.79 Å². The number of amides is 1. The zero-order valence-corrected chi connectivity index (χ0v) is 9.63. The minimum Gasteiger partial charge on any atom is -0.304 e. The molecule has 0 bridgehead atoms. The van der Waals surface area contributed by atoms with Crippen LogP contribution in [0.3, 0.4) is 0 Å². The predicted molar refractivity (Wildman–Crippen MR) is 64.7 cm³/mol. The molecule has 0 fully saturated rings. The van der Waals surface area contributed by atoms with Gasteiger partial charge in [-0.2, -0.15) is 0 Å². The molecular weight excluding hydrogens is 216 g/mol. The fraction of sp³-hybridized carbons (Fsp3) is 0.167. The Balaban J connectivity index is 2.03. The van der Waals surface area contributed by atoms with Gasteiger partial charge in [-0.3, -0.25) is 10.2 Å². The monoisotopic (exact) mass is 231 g/mol. The minimum atomic E-state index is -0.129. The molecule has 5 heteroatoms. The van der Waals surface area contributed by atoms with Crippen LogP contribution in [0.2, 0.25) is 0 Å². The number of aromatic amines is 2. The number of carbonyl (C=O) groups is 1. The topological polar surface area (TPSA) is 71.1 Å². The maximum Gasteiger partial charge on any atom is 0.262 e. The lowest BCUT2D eigenvalue weighted by Gasteiger charge is -2.04. The van der Waals surface area contributed by atoms with E-state index in [-0.39, 0.29) is 12.3 Å². The molecule has 2 aromatic rings. The highest BCUT2D eigenvalue weighted by molar-refractivity contribution is 5.78. The van der Waals surface area contributed by atoms with Crippen LogP contribution >= 0.6 is 0 Å². The molecule has 1 amide bonds. The zero-order chi connectivity index (χ0) is 12.3. The molecule has 0 unspecified atom stereocenters. The molecule has 0 saturated heterocycles. The van der Waals surface area contributed by atoms with Crippen LogP contribution in [-0.4, -0.2) is 10.9 Å². The standard InChI is InChI=1S/C12H14N4O/c1-8(2)15-16-12(17)7-11-13-9-5-3-4-6-10(9)14-11/h3-6,15H,1,7H2,2H3,(H,13,14)(H,16,17)/p+1. The summed E-state index contributed by atoms with van der Waals surface area (Å²) in [5.74, 6) is 0.642. The summed E-state index contributed by atoms with van der Waals surface area (Å²) < 4.78 is 0. The van der Waals surface area contributed by atoms with Gasteiger partial charge in [-0.1, -0.05) is 18.7 Å². The Hall–Kier alpha value is -2.30. The number of carbonyl (C=O) groups excluding carboxylic acids is 1. The summed E-state index contributed by atoms with van der Waals surface area (Å²) in [6.45, 7) is 5.40. The van der Waals surface area contributed by atoms with Crippen molar-refractivity contribution in [3.8, 4) is 0 Å². The summed E-state index contributed by atoms with van der Waals surface area (Å²) in [7, 11) is 0. The molecule has 0 saturated carbocycles. The Morgan fingerprint density at radius 3 is 2.88 bits per heavy atom. The first-order valence-electron chi connectivity index (χ1n) is 5.34. The first-order chi connectivity index (χ1) is 8.15. The number of fused-ring (bicyclic) bond motifs is 1. The van der Waals surface area contributed by atoms with Crippen LogP contribution in [0.5, 0.6) is 0 Å². The van der Waals surface area contributed by atoms with Crippen LogP contribution in [0.4, 0.5) is 0 Å². The average molecular weight is 231 g/mol. The molecule has 2 rings (SSSR count). The van der Waals surface area contributed by atoms with Gasteiger partial charge in [0.1, 0.15) is 6.42 Å². The first kappa shape index (κ1) is 11.2. The van der Waals surface area contributed by atoms with Gasteiger partial charge in [-0.15, -0.1) is 0 Å². The molecule has 1 heterocycles. The second kappa shape index (κ2) is 4.69. The average Bonchev–Trinajstić information content (AvgIpc) is 2.68. The highest BCUT2D eigenvalue weighted by Crippen LogP contribution is 2.05. The van der Waals surface area contributed by atoms with Gasteiger partial charge in [0.2, 0.25) is 0 Å². The molecule has 0 aliphatic heterocycles. The molecule has 1 aromatic carbocycles. The molecular formula is C12H15N4O+. The van der Waals surface area contributed by atoms with Crippen molar-refractivity contribution in [1.82, 2.24) is 15.8 Å². The van der Waals surface area contributed by atoms with Crippen molar-refractivity contribution in [3.05, 3.63) is 42.4 Å². The molecule has 1 aromatic heterocycles. The van der Waals surface area contributed by atoms with Gasteiger partial charge in [-0.05, 0) is 19.1 Å². The van der Waals surface area contributed by atoms with Crippen molar-refractivity contribution >= 4 is 16.9 Å². The normalized spacial score (nSPS) is 10.2. The molecule has 0 spiro atoms. The summed E-state index contributed by atoms with van der Waals surface area (Å²) in [6, 6.07) is 7.80. The van der Waals surface area contributed by atoms with Crippen molar-refractivity contribution in [2.45, 2.75) is 13.3 Å². The van der Waals surface area contributed by atoms with Crippen LogP contribution in [0, 0.1) is 0 Å². The maximum absolute atomic E-state index is 11.5. The van der Waals surface area contributed by atoms with Crippen molar-refractivity contribution in [3.63, 3.8) is 0 Å². The molecule has 0 radical (unpaired) electrons. The SMILES string of the molecule is C=C(C)NNC(=O)Cc1[nH]c2ccccc2[nH+]1. The number of aromatic nitrogens is 2. The number of hydrogen-bond acceptors (Lipinski definition) is 2. The Morgan fingerprint density at radius 2 is 2.18 bits per heavy atom. The zero-order valence-electron chi connectivity index (χ0n) is 9.63. The Morgan fingerprint density at radius 1 is 1.41 bits per heavy atom. The third-order valence-corrected chi connectivity index (χ3v) is 2.25. The lowest BCUT2D eigenvalue weighted by Crippen LogP contribution is -2.37. The summed E-state index contributed by atoms with van der Waals surface area (Å²) in [5.41, 5.74) is 7.90.